The lowest BCUT2D eigenvalue weighted by atomic mass is 10.0. The maximum absolute atomic E-state index is 8.99. The van der Waals surface area contributed by atoms with Crippen LogP contribution in [0.4, 0.5) is 11.5 Å². The number of nitrogens with one attached hydrogen (secondary N) is 2. The van der Waals surface area contributed by atoms with E-state index in [1.54, 1.807) is 12.4 Å². The van der Waals surface area contributed by atoms with Gasteiger partial charge in [0.25, 0.3) is 0 Å². The lowest BCUT2D eigenvalue weighted by Crippen LogP contribution is -2.38. The van der Waals surface area contributed by atoms with E-state index < -0.39 is 0 Å². The van der Waals surface area contributed by atoms with Gasteiger partial charge >= 0.3 is 0 Å². The lowest BCUT2D eigenvalue weighted by molar-refractivity contribution is 0.211. The minimum absolute atomic E-state index is 0.196. The van der Waals surface area contributed by atoms with Crippen molar-refractivity contribution in [1.29, 1.82) is 5.26 Å². The van der Waals surface area contributed by atoms with Crippen molar-refractivity contribution in [3.8, 4) is 28.7 Å². The van der Waals surface area contributed by atoms with Gasteiger partial charge in [-0.3, -0.25) is 14.5 Å². The molecule has 1 fully saturated rings. The van der Waals surface area contributed by atoms with Crippen LogP contribution in [-0.2, 0) is 13.2 Å². The summed E-state index contributed by atoms with van der Waals surface area (Å²) in [6.45, 7) is 3.60. The predicted molar refractivity (Wildman–Crippen MR) is 141 cm³/mol. The van der Waals surface area contributed by atoms with Crippen molar-refractivity contribution in [1.82, 2.24) is 29.4 Å². The molecule has 5 heterocycles. The van der Waals surface area contributed by atoms with Gasteiger partial charge in [-0.15, -0.1) is 0 Å². The van der Waals surface area contributed by atoms with Crippen LogP contribution in [0.15, 0.2) is 59.6 Å². The van der Waals surface area contributed by atoms with E-state index in [1.165, 1.54) is 5.56 Å². The fraction of sp³-hybridized carbons (Fsp3) is 0.269. The zero-order valence-electron chi connectivity index (χ0n) is 19.5. The van der Waals surface area contributed by atoms with Gasteiger partial charge < -0.3 is 10.6 Å². The fourth-order valence-corrected chi connectivity index (χ4v) is 5.43. The number of aromatic nitrogens is 5. The van der Waals surface area contributed by atoms with E-state index in [1.807, 2.05) is 24.4 Å². The molecule has 2 aliphatic heterocycles. The first-order valence-corrected chi connectivity index (χ1v) is 12.7. The molecule has 9 nitrogen and oxygen atoms in total. The monoisotopic (exact) mass is 541 g/mol. The average Bonchev–Trinajstić information content (AvgIpc) is 3.27. The first-order valence-electron chi connectivity index (χ1n) is 11.9. The SMILES string of the molecule is N#Cc1nccc(NC2CCN(Cc3ccc(-c4nc5n(c4Br)CNc4ccncc4-5)cc3)CC2)n1. The molecule has 180 valence electrons. The molecule has 1 aromatic carbocycles. The first-order chi connectivity index (χ1) is 17.7. The third-order valence-corrected chi connectivity index (χ3v) is 7.53. The Morgan fingerprint density at radius 2 is 1.92 bits per heavy atom. The highest BCUT2D eigenvalue weighted by Crippen LogP contribution is 2.38. The third kappa shape index (κ3) is 4.43. The zero-order valence-corrected chi connectivity index (χ0v) is 21.1. The number of nitrogens with zero attached hydrogens (tertiary/aromatic N) is 7. The minimum atomic E-state index is 0.196. The molecule has 3 aromatic heterocycles. The second-order valence-electron chi connectivity index (χ2n) is 9.03. The standard InChI is InChI=1S/C26H24BrN9/c27-25-24(34-26-20-14-29-9-5-21(20)31-16-36(25)26)18-3-1-17(2-4-18)15-35-11-7-19(8-12-35)32-22-6-10-30-23(13-28)33-22/h1-6,9-10,14,19,31H,7-8,11-12,15-16H2,(H,30,32,33). The summed E-state index contributed by atoms with van der Waals surface area (Å²) in [6.07, 6.45) is 7.33. The smallest absolute Gasteiger partial charge is 0.234 e. The molecule has 0 amide bonds. The molecule has 0 saturated carbocycles. The van der Waals surface area contributed by atoms with Gasteiger partial charge in [-0.1, -0.05) is 24.3 Å². The molecule has 36 heavy (non-hydrogen) atoms. The molecule has 10 heteroatoms. The molecule has 1 saturated heterocycles. The van der Waals surface area contributed by atoms with Gasteiger partial charge in [0.2, 0.25) is 5.82 Å². The van der Waals surface area contributed by atoms with E-state index >= 15 is 0 Å². The summed E-state index contributed by atoms with van der Waals surface area (Å²) >= 11 is 3.76. The Morgan fingerprint density at radius 3 is 2.72 bits per heavy atom. The molecule has 4 aromatic rings. The van der Waals surface area contributed by atoms with E-state index in [4.69, 9.17) is 10.2 Å². The number of imidazole rings is 1. The van der Waals surface area contributed by atoms with Crippen LogP contribution in [0.5, 0.6) is 0 Å². The number of anilines is 2. The summed E-state index contributed by atoms with van der Waals surface area (Å²) in [5, 5.41) is 15.9. The summed E-state index contributed by atoms with van der Waals surface area (Å²) in [6, 6.07) is 14.8. The highest BCUT2D eigenvalue weighted by molar-refractivity contribution is 9.10. The second kappa shape index (κ2) is 9.68. The quantitative estimate of drug-likeness (QED) is 0.380. The van der Waals surface area contributed by atoms with Crippen LogP contribution in [0.1, 0.15) is 24.2 Å². The first kappa shape index (κ1) is 22.6. The molecule has 2 N–H and O–H groups in total. The number of hydrogen-bond donors (Lipinski definition) is 2. The number of nitriles is 1. The number of halogens is 1. The zero-order chi connectivity index (χ0) is 24.5. The Hall–Kier alpha value is -3.81. The molecule has 0 unspecified atom stereocenters. The van der Waals surface area contributed by atoms with Crippen LogP contribution in [0.3, 0.4) is 0 Å². The topological polar surface area (TPSA) is 108 Å². The molecule has 2 aliphatic rings. The van der Waals surface area contributed by atoms with Gasteiger partial charge in [0.05, 0.1) is 12.2 Å². The van der Waals surface area contributed by atoms with Crippen LogP contribution in [0, 0.1) is 11.3 Å². The number of rotatable bonds is 5. The summed E-state index contributed by atoms with van der Waals surface area (Å²) < 4.78 is 3.10. The van der Waals surface area contributed by atoms with Crippen LogP contribution in [0.2, 0.25) is 0 Å². The normalized spacial score (nSPS) is 15.4. The maximum Gasteiger partial charge on any atom is 0.234 e. The molecular formula is C26H24BrN9. The Morgan fingerprint density at radius 1 is 1.08 bits per heavy atom. The number of benzene rings is 1. The van der Waals surface area contributed by atoms with E-state index in [9.17, 15) is 0 Å². The van der Waals surface area contributed by atoms with Crippen molar-refractivity contribution in [3.05, 3.63) is 71.0 Å². The van der Waals surface area contributed by atoms with E-state index in [0.717, 1.165) is 71.2 Å². The summed E-state index contributed by atoms with van der Waals surface area (Å²) in [5.41, 5.74) is 5.37. The number of pyridine rings is 1. The Kier molecular flexibility index (Phi) is 6.09. The van der Waals surface area contributed by atoms with Crippen molar-refractivity contribution in [3.63, 3.8) is 0 Å². The minimum Gasteiger partial charge on any atom is -0.367 e. The van der Waals surface area contributed by atoms with E-state index in [0.29, 0.717) is 12.7 Å². The molecule has 0 bridgehead atoms. The van der Waals surface area contributed by atoms with Crippen molar-refractivity contribution >= 4 is 27.4 Å². The van der Waals surface area contributed by atoms with Gasteiger partial charge in [-0.25, -0.2) is 15.0 Å². The summed E-state index contributed by atoms with van der Waals surface area (Å²) in [4.78, 5) is 19.9. The van der Waals surface area contributed by atoms with E-state index in [2.05, 4.69) is 75.2 Å². The highest BCUT2D eigenvalue weighted by Gasteiger charge is 2.24. The Balaban J connectivity index is 1.09. The fourth-order valence-electron chi connectivity index (χ4n) is 4.82. The van der Waals surface area contributed by atoms with Gasteiger partial charge in [-0.05, 0) is 46.5 Å². The molecule has 0 spiro atoms. The van der Waals surface area contributed by atoms with Gasteiger partial charge in [-0.2, -0.15) is 5.26 Å². The molecular weight excluding hydrogens is 518 g/mol. The number of piperidine rings is 1. The van der Waals surface area contributed by atoms with Gasteiger partial charge in [0, 0.05) is 55.5 Å². The number of likely N-dealkylation sites (tertiary alicyclic amines) is 1. The van der Waals surface area contributed by atoms with E-state index in [-0.39, 0.29) is 5.82 Å². The maximum atomic E-state index is 8.99. The molecule has 6 rings (SSSR count). The molecule has 0 atom stereocenters. The van der Waals surface area contributed by atoms with Gasteiger partial charge in [0.1, 0.15) is 28.0 Å². The van der Waals surface area contributed by atoms with Gasteiger partial charge in [0.15, 0.2) is 0 Å². The highest BCUT2D eigenvalue weighted by atomic mass is 79.9. The van der Waals surface area contributed by atoms with Crippen LogP contribution >= 0.6 is 15.9 Å². The van der Waals surface area contributed by atoms with Crippen molar-refractivity contribution in [2.45, 2.75) is 32.1 Å². The van der Waals surface area contributed by atoms with Crippen LogP contribution in [-0.4, -0.2) is 48.5 Å². The van der Waals surface area contributed by atoms with Crippen LogP contribution in [0.25, 0.3) is 22.6 Å². The molecule has 0 aliphatic carbocycles. The lowest BCUT2D eigenvalue weighted by Gasteiger charge is -2.32. The summed E-state index contributed by atoms with van der Waals surface area (Å²) in [5.74, 6) is 1.84. The van der Waals surface area contributed by atoms with Crippen molar-refractivity contribution in [2.24, 2.45) is 0 Å². The Labute approximate surface area is 217 Å². The second-order valence-corrected chi connectivity index (χ2v) is 9.78. The third-order valence-electron chi connectivity index (χ3n) is 6.72. The Bertz CT molecular complexity index is 1430. The number of hydrogen-bond acceptors (Lipinski definition) is 8. The summed E-state index contributed by atoms with van der Waals surface area (Å²) in [7, 11) is 0. The van der Waals surface area contributed by atoms with Crippen molar-refractivity contribution in [2.75, 3.05) is 23.7 Å². The van der Waals surface area contributed by atoms with Crippen LogP contribution < -0.4 is 10.6 Å². The average molecular weight is 542 g/mol. The van der Waals surface area contributed by atoms with Crippen molar-refractivity contribution < 1.29 is 0 Å². The predicted octanol–water partition coefficient (Wildman–Crippen LogP) is 4.50. The molecule has 0 radical (unpaired) electrons. The number of fused-ring (bicyclic) bond motifs is 3. The largest absolute Gasteiger partial charge is 0.367 e.